The number of hydrogen-bond acceptors (Lipinski definition) is 2. The summed E-state index contributed by atoms with van der Waals surface area (Å²) in [4.78, 5) is 2.56. The van der Waals surface area contributed by atoms with Gasteiger partial charge in [0.2, 0.25) is 0 Å². The van der Waals surface area contributed by atoms with Crippen LogP contribution in [-0.2, 0) is 13.1 Å². The molecule has 1 N–H and O–H groups in total. The van der Waals surface area contributed by atoms with Crippen LogP contribution in [0, 0.1) is 5.41 Å². The van der Waals surface area contributed by atoms with Crippen molar-refractivity contribution in [3.8, 4) is 0 Å². The number of nitrogens with zero attached hydrogens (tertiary/aromatic N) is 1. The van der Waals surface area contributed by atoms with Crippen molar-refractivity contribution in [2.75, 3.05) is 13.1 Å². The number of hydrogen-bond donors (Lipinski definition) is 1. The van der Waals surface area contributed by atoms with Gasteiger partial charge < -0.3 is 5.32 Å². The quantitative estimate of drug-likeness (QED) is 0.859. The predicted octanol–water partition coefficient (Wildman–Crippen LogP) is 3.03. The van der Waals surface area contributed by atoms with E-state index in [0.717, 1.165) is 26.2 Å². The Hall–Kier alpha value is -0.860. The zero-order chi connectivity index (χ0) is 13.2. The van der Waals surface area contributed by atoms with Crippen molar-refractivity contribution in [2.24, 2.45) is 5.41 Å². The van der Waals surface area contributed by atoms with Gasteiger partial charge in [-0.15, -0.1) is 0 Å². The monoisotopic (exact) mass is 246 g/mol. The second kappa shape index (κ2) is 5.41. The van der Waals surface area contributed by atoms with Gasteiger partial charge in [0.1, 0.15) is 0 Å². The van der Waals surface area contributed by atoms with Gasteiger partial charge in [0, 0.05) is 32.2 Å². The Morgan fingerprint density at radius 1 is 1.17 bits per heavy atom. The molecule has 0 saturated heterocycles. The Morgan fingerprint density at radius 2 is 1.72 bits per heavy atom. The lowest BCUT2D eigenvalue weighted by Crippen LogP contribution is -2.40. The van der Waals surface area contributed by atoms with Crippen LogP contribution in [0.1, 0.15) is 38.8 Å². The fourth-order valence-electron chi connectivity index (χ4n) is 2.66. The Balaban J connectivity index is 1.88. The fraction of sp³-hybridized carbons (Fsp3) is 0.625. The first kappa shape index (κ1) is 13.6. The lowest BCUT2D eigenvalue weighted by atomic mass is 9.92. The first-order chi connectivity index (χ1) is 8.46. The second-order valence-electron chi connectivity index (χ2n) is 6.61. The molecule has 0 unspecified atom stereocenters. The number of rotatable bonds is 5. The highest BCUT2D eigenvalue weighted by Gasteiger charge is 2.26. The first-order valence-corrected chi connectivity index (χ1v) is 6.99. The van der Waals surface area contributed by atoms with Crippen molar-refractivity contribution in [2.45, 2.75) is 46.8 Å². The summed E-state index contributed by atoms with van der Waals surface area (Å²) >= 11 is 0. The van der Waals surface area contributed by atoms with Crippen LogP contribution in [0.3, 0.4) is 0 Å². The zero-order valence-corrected chi connectivity index (χ0v) is 12.2. The summed E-state index contributed by atoms with van der Waals surface area (Å²) in [7, 11) is 0. The normalized spacial score (nSPS) is 16.3. The Morgan fingerprint density at radius 3 is 2.22 bits per heavy atom. The molecular weight excluding hydrogens is 220 g/mol. The maximum absolute atomic E-state index is 3.55. The molecule has 1 heterocycles. The molecule has 1 aromatic rings. The summed E-state index contributed by atoms with van der Waals surface area (Å²) < 4.78 is 0. The summed E-state index contributed by atoms with van der Waals surface area (Å²) in [6.45, 7) is 13.6. The smallest absolute Gasteiger partial charge is 0.0240 e. The predicted molar refractivity (Wildman–Crippen MR) is 77.5 cm³/mol. The summed E-state index contributed by atoms with van der Waals surface area (Å²) in [6, 6.07) is 9.38. The van der Waals surface area contributed by atoms with Gasteiger partial charge in [-0.05, 0) is 16.5 Å². The zero-order valence-electron chi connectivity index (χ0n) is 12.2. The molecule has 2 rings (SSSR count). The maximum atomic E-state index is 3.55. The molecule has 1 aliphatic heterocycles. The standard InChI is InChI=1S/C16H26N2/c1-13(2)17-11-16(3,4)12-18-9-14-7-5-6-8-15(14)10-18/h5-8,13,17H,9-12H2,1-4H3. The van der Waals surface area contributed by atoms with E-state index < -0.39 is 0 Å². The first-order valence-electron chi connectivity index (χ1n) is 6.99. The molecule has 0 aromatic heterocycles. The third kappa shape index (κ3) is 3.56. The van der Waals surface area contributed by atoms with Crippen LogP contribution < -0.4 is 5.32 Å². The Bertz CT molecular complexity index is 371. The summed E-state index contributed by atoms with van der Waals surface area (Å²) in [5.74, 6) is 0. The van der Waals surface area contributed by atoms with E-state index >= 15 is 0 Å². The molecule has 0 spiro atoms. The number of fused-ring (bicyclic) bond motifs is 1. The van der Waals surface area contributed by atoms with E-state index in [1.54, 1.807) is 0 Å². The fourth-order valence-corrected chi connectivity index (χ4v) is 2.66. The van der Waals surface area contributed by atoms with Crippen LogP contribution in [0.4, 0.5) is 0 Å². The van der Waals surface area contributed by atoms with Gasteiger partial charge >= 0.3 is 0 Å². The van der Waals surface area contributed by atoms with Crippen molar-refractivity contribution in [3.05, 3.63) is 35.4 Å². The van der Waals surface area contributed by atoms with E-state index in [0.29, 0.717) is 11.5 Å². The van der Waals surface area contributed by atoms with E-state index in [2.05, 4.69) is 62.2 Å². The third-order valence-electron chi connectivity index (χ3n) is 3.55. The highest BCUT2D eigenvalue weighted by Crippen LogP contribution is 2.26. The minimum absolute atomic E-state index is 0.326. The van der Waals surface area contributed by atoms with Crippen molar-refractivity contribution < 1.29 is 0 Å². The Kier molecular flexibility index (Phi) is 4.08. The summed E-state index contributed by atoms with van der Waals surface area (Å²) in [6.07, 6.45) is 0. The van der Waals surface area contributed by atoms with Crippen molar-refractivity contribution >= 4 is 0 Å². The molecule has 18 heavy (non-hydrogen) atoms. The van der Waals surface area contributed by atoms with E-state index in [1.165, 1.54) is 11.1 Å². The van der Waals surface area contributed by atoms with E-state index in [1.807, 2.05) is 0 Å². The van der Waals surface area contributed by atoms with Crippen LogP contribution in [0.2, 0.25) is 0 Å². The average molecular weight is 246 g/mol. The van der Waals surface area contributed by atoms with Crippen LogP contribution in [-0.4, -0.2) is 24.0 Å². The molecule has 0 atom stereocenters. The molecule has 1 aliphatic rings. The minimum Gasteiger partial charge on any atom is -0.314 e. The van der Waals surface area contributed by atoms with Gasteiger partial charge in [-0.25, -0.2) is 0 Å². The number of benzene rings is 1. The SMILES string of the molecule is CC(C)NCC(C)(C)CN1Cc2ccccc2C1. The van der Waals surface area contributed by atoms with Crippen molar-refractivity contribution in [1.29, 1.82) is 0 Å². The molecule has 0 saturated carbocycles. The largest absolute Gasteiger partial charge is 0.314 e. The van der Waals surface area contributed by atoms with Gasteiger partial charge in [0.25, 0.3) is 0 Å². The lowest BCUT2D eigenvalue weighted by molar-refractivity contribution is 0.173. The molecule has 0 aliphatic carbocycles. The second-order valence-corrected chi connectivity index (χ2v) is 6.61. The molecule has 0 amide bonds. The van der Waals surface area contributed by atoms with Crippen molar-refractivity contribution in [3.63, 3.8) is 0 Å². The molecule has 0 fully saturated rings. The van der Waals surface area contributed by atoms with Gasteiger partial charge in [0.05, 0.1) is 0 Å². The van der Waals surface area contributed by atoms with Crippen LogP contribution >= 0.6 is 0 Å². The lowest BCUT2D eigenvalue weighted by Gasteiger charge is -2.31. The molecule has 2 heteroatoms. The van der Waals surface area contributed by atoms with Crippen LogP contribution in [0.15, 0.2) is 24.3 Å². The van der Waals surface area contributed by atoms with Gasteiger partial charge in [-0.1, -0.05) is 52.0 Å². The third-order valence-corrected chi connectivity index (χ3v) is 3.55. The van der Waals surface area contributed by atoms with Crippen LogP contribution in [0.25, 0.3) is 0 Å². The molecular formula is C16H26N2. The highest BCUT2D eigenvalue weighted by atomic mass is 15.1. The minimum atomic E-state index is 0.326. The van der Waals surface area contributed by atoms with Gasteiger partial charge in [0.15, 0.2) is 0 Å². The maximum Gasteiger partial charge on any atom is 0.0240 e. The molecule has 0 radical (unpaired) electrons. The van der Waals surface area contributed by atoms with Crippen LogP contribution in [0.5, 0.6) is 0 Å². The topological polar surface area (TPSA) is 15.3 Å². The van der Waals surface area contributed by atoms with Gasteiger partial charge in [-0.2, -0.15) is 0 Å². The van der Waals surface area contributed by atoms with E-state index in [4.69, 9.17) is 0 Å². The molecule has 100 valence electrons. The van der Waals surface area contributed by atoms with Gasteiger partial charge in [-0.3, -0.25) is 4.90 Å². The summed E-state index contributed by atoms with van der Waals surface area (Å²) in [5, 5.41) is 3.55. The molecule has 2 nitrogen and oxygen atoms in total. The number of nitrogens with one attached hydrogen (secondary N) is 1. The van der Waals surface area contributed by atoms with E-state index in [9.17, 15) is 0 Å². The highest BCUT2D eigenvalue weighted by molar-refractivity contribution is 5.30. The Labute approximate surface area is 111 Å². The van der Waals surface area contributed by atoms with E-state index in [-0.39, 0.29) is 0 Å². The average Bonchev–Trinajstić information content (AvgIpc) is 2.67. The van der Waals surface area contributed by atoms with Crippen molar-refractivity contribution in [1.82, 2.24) is 10.2 Å². The summed E-state index contributed by atoms with van der Waals surface area (Å²) in [5.41, 5.74) is 3.34. The molecule has 1 aromatic carbocycles. The molecule has 0 bridgehead atoms.